The van der Waals surface area contributed by atoms with Crippen LogP contribution in [-0.2, 0) is 14.4 Å². The van der Waals surface area contributed by atoms with Crippen LogP contribution in [0.2, 0.25) is 0 Å². The van der Waals surface area contributed by atoms with Crippen molar-refractivity contribution in [3.63, 3.8) is 0 Å². The summed E-state index contributed by atoms with van der Waals surface area (Å²) in [4.78, 5) is 10.4. The summed E-state index contributed by atoms with van der Waals surface area (Å²) in [5.41, 5.74) is 0.713. The van der Waals surface area contributed by atoms with E-state index in [1.54, 1.807) is 19.1 Å². The van der Waals surface area contributed by atoms with Crippen LogP contribution in [0.4, 0.5) is 0 Å². The molecule has 0 aromatic heterocycles. The number of halogens is 1. The lowest BCUT2D eigenvalue weighted by atomic mass is 9.90. The van der Waals surface area contributed by atoms with Crippen LogP contribution < -0.4 is 0 Å². The monoisotopic (exact) mass is 256 g/mol. The molecule has 1 aromatic rings. The van der Waals surface area contributed by atoms with Gasteiger partial charge in [-0.15, -0.1) is 11.6 Å². The van der Waals surface area contributed by atoms with Crippen LogP contribution in [0.3, 0.4) is 0 Å². The molecule has 2 atom stereocenters. The lowest BCUT2D eigenvalue weighted by Crippen LogP contribution is -2.41. The maximum Gasteiger partial charge on any atom is 0.337 e. The van der Waals surface area contributed by atoms with Gasteiger partial charge in [0.2, 0.25) is 0 Å². The molecule has 0 spiro atoms. The largest absolute Gasteiger partial charge is 0.464 e. The molecule has 0 fully saturated rings. The predicted molar refractivity (Wildman–Crippen MR) is 66.9 cm³/mol. The summed E-state index contributed by atoms with van der Waals surface area (Å²) >= 11 is 6.38. The Balaban J connectivity index is 3.00. The highest BCUT2D eigenvalue weighted by molar-refractivity contribution is 6.25. The van der Waals surface area contributed by atoms with Crippen LogP contribution in [0.5, 0.6) is 0 Å². The van der Waals surface area contributed by atoms with Gasteiger partial charge < -0.3 is 9.84 Å². The Labute approximate surface area is 106 Å². The third-order valence-electron chi connectivity index (χ3n) is 2.71. The molecule has 0 radical (unpaired) electrons. The number of esters is 1. The third kappa shape index (κ3) is 2.99. The second-order valence-electron chi connectivity index (χ2n) is 3.74. The zero-order chi connectivity index (χ0) is 12.9. The van der Waals surface area contributed by atoms with E-state index in [1.165, 1.54) is 0 Å². The molecule has 0 aliphatic heterocycles. The van der Waals surface area contributed by atoms with E-state index in [-0.39, 0.29) is 6.61 Å². The minimum atomic E-state index is -1.36. The third-order valence-corrected chi connectivity index (χ3v) is 3.40. The molecule has 3 nitrogen and oxygen atoms in total. The quantitative estimate of drug-likeness (QED) is 0.650. The number of aliphatic hydroxyl groups excluding tert-OH is 1. The lowest BCUT2D eigenvalue weighted by Gasteiger charge is -2.30. The highest BCUT2D eigenvalue weighted by Crippen LogP contribution is 2.36. The van der Waals surface area contributed by atoms with Gasteiger partial charge in [-0.25, -0.2) is 4.79 Å². The van der Waals surface area contributed by atoms with E-state index in [1.807, 2.05) is 25.1 Å². The maximum absolute atomic E-state index is 11.6. The summed E-state index contributed by atoms with van der Waals surface area (Å²) in [6, 6.07) is 9.07. The molecule has 0 heterocycles. The first-order valence-corrected chi connectivity index (χ1v) is 6.03. The minimum Gasteiger partial charge on any atom is -0.464 e. The Bertz CT molecular complexity index is 366. The number of carbonyl (C=O) groups is 1. The zero-order valence-electron chi connectivity index (χ0n) is 10.0. The van der Waals surface area contributed by atoms with Crippen LogP contribution in [0, 0.1) is 0 Å². The van der Waals surface area contributed by atoms with Crippen molar-refractivity contribution in [2.45, 2.75) is 31.2 Å². The number of hydrogen-bond acceptors (Lipinski definition) is 3. The first-order chi connectivity index (χ1) is 8.06. The van der Waals surface area contributed by atoms with E-state index in [2.05, 4.69) is 0 Å². The smallest absolute Gasteiger partial charge is 0.337 e. The second-order valence-corrected chi connectivity index (χ2v) is 4.41. The number of aliphatic hydroxyl groups is 1. The maximum atomic E-state index is 11.6. The van der Waals surface area contributed by atoms with Gasteiger partial charge in [-0.1, -0.05) is 37.3 Å². The van der Waals surface area contributed by atoms with Crippen LogP contribution in [0.15, 0.2) is 30.3 Å². The van der Waals surface area contributed by atoms with Crippen molar-refractivity contribution < 1.29 is 14.6 Å². The SMILES string of the molecule is CCOC(=O)C(O)C(Cl)(CC)c1ccccc1. The first kappa shape index (κ1) is 14.0. The lowest BCUT2D eigenvalue weighted by molar-refractivity contribution is -0.155. The standard InChI is InChI=1S/C13H17ClO3/c1-3-13(14,10-8-6-5-7-9-10)11(15)12(16)17-4-2/h5-9,11,15H,3-4H2,1-2H3. The Hall–Kier alpha value is -1.06. The molecule has 1 aromatic carbocycles. The minimum absolute atomic E-state index is 0.224. The van der Waals surface area contributed by atoms with E-state index < -0.39 is 16.9 Å². The average molecular weight is 257 g/mol. The molecule has 17 heavy (non-hydrogen) atoms. The van der Waals surface area contributed by atoms with Crippen molar-refractivity contribution in [1.29, 1.82) is 0 Å². The summed E-state index contributed by atoms with van der Waals surface area (Å²) in [5, 5.41) is 10.0. The molecule has 0 aliphatic rings. The van der Waals surface area contributed by atoms with Gasteiger partial charge in [0, 0.05) is 0 Å². The van der Waals surface area contributed by atoms with Gasteiger partial charge in [0.25, 0.3) is 0 Å². The van der Waals surface area contributed by atoms with Gasteiger partial charge in [0.1, 0.15) is 4.87 Å². The van der Waals surface area contributed by atoms with E-state index in [4.69, 9.17) is 16.3 Å². The molecular formula is C13H17ClO3. The Morgan fingerprint density at radius 2 is 2.00 bits per heavy atom. The van der Waals surface area contributed by atoms with E-state index in [0.717, 1.165) is 0 Å². The zero-order valence-corrected chi connectivity index (χ0v) is 10.8. The topological polar surface area (TPSA) is 46.5 Å². The van der Waals surface area contributed by atoms with Crippen molar-refractivity contribution in [2.24, 2.45) is 0 Å². The molecule has 94 valence electrons. The molecule has 1 rings (SSSR count). The highest BCUT2D eigenvalue weighted by Gasteiger charge is 2.41. The summed E-state index contributed by atoms with van der Waals surface area (Å²) in [5.74, 6) is -0.687. The first-order valence-electron chi connectivity index (χ1n) is 5.65. The van der Waals surface area contributed by atoms with Crippen LogP contribution in [-0.4, -0.2) is 23.8 Å². The normalized spacial score (nSPS) is 16.0. The molecule has 2 unspecified atom stereocenters. The highest BCUT2D eigenvalue weighted by atomic mass is 35.5. The fourth-order valence-corrected chi connectivity index (χ4v) is 1.89. The van der Waals surface area contributed by atoms with E-state index >= 15 is 0 Å². The number of carbonyl (C=O) groups excluding carboxylic acids is 1. The summed E-state index contributed by atoms with van der Waals surface area (Å²) < 4.78 is 4.80. The molecule has 0 saturated heterocycles. The summed E-state index contributed by atoms with van der Waals surface area (Å²) in [7, 11) is 0. The number of hydrogen-bond donors (Lipinski definition) is 1. The Kier molecular flexibility index (Phi) is 4.97. The van der Waals surface area contributed by atoms with Gasteiger partial charge >= 0.3 is 5.97 Å². The van der Waals surface area contributed by atoms with Crippen molar-refractivity contribution in [3.05, 3.63) is 35.9 Å². The molecular weight excluding hydrogens is 240 g/mol. The number of benzene rings is 1. The van der Waals surface area contributed by atoms with Crippen molar-refractivity contribution in [1.82, 2.24) is 0 Å². The van der Waals surface area contributed by atoms with Gasteiger partial charge in [-0.3, -0.25) is 0 Å². The van der Waals surface area contributed by atoms with Crippen LogP contribution >= 0.6 is 11.6 Å². The molecule has 1 N–H and O–H groups in total. The van der Waals surface area contributed by atoms with Gasteiger partial charge in [-0.05, 0) is 18.9 Å². The average Bonchev–Trinajstić information content (AvgIpc) is 2.38. The van der Waals surface area contributed by atoms with Gasteiger partial charge in [0.05, 0.1) is 6.61 Å². The molecule has 0 saturated carbocycles. The summed E-state index contributed by atoms with van der Waals surface area (Å²) in [6.07, 6.45) is -0.935. The molecule has 0 amide bonds. The van der Waals surface area contributed by atoms with Gasteiger partial charge in [0.15, 0.2) is 6.10 Å². The Morgan fingerprint density at radius 3 is 2.47 bits per heavy atom. The Morgan fingerprint density at radius 1 is 1.41 bits per heavy atom. The van der Waals surface area contributed by atoms with Crippen molar-refractivity contribution >= 4 is 17.6 Å². The van der Waals surface area contributed by atoms with Crippen LogP contribution in [0.25, 0.3) is 0 Å². The molecule has 0 aliphatic carbocycles. The van der Waals surface area contributed by atoms with E-state index in [0.29, 0.717) is 12.0 Å². The summed E-state index contributed by atoms with van der Waals surface area (Å²) in [6.45, 7) is 3.73. The second kappa shape index (κ2) is 6.03. The fraction of sp³-hybridized carbons (Fsp3) is 0.462. The van der Waals surface area contributed by atoms with Crippen LogP contribution in [0.1, 0.15) is 25.8 Å². The number of alkyl halides is 1. The predicted octanol–water partition coefficient (Wildman–Crippen LogP) is 2.45. The van der Waals surface area contributed by atoms with Crippen molar-refractivity contribution in [3.8, 4) is 0 Å². The van der Waals surface area contributed by atoms with E-state index in [9.17, 15) is 9.90 Å². The fourth-order valence-electron chi connectivity index (χ4n) is 1.68. The number of rotatable bonds is 5. The molecule has 0 bridgehead atoms. The van der Waals surface area contributed by atoms with Gasteiger partial charge in [-0.2, -0.15) is 0 Å². The molecule has 4 heteroatoms. The van der Waals surface area contributed by atoms with Crippen molar-refractivity contribution in [2.75, 3.05) is 6.61 Å². The number of ether oxygens (including phenoxy) is 1.